The number of hydrogen-bond donors (Lipinski definition) is 2. The zero-order valence-electron chi connectivity index (χ0n) is 13.0. The molecule has 0 unspecified atom stereocenters. The van der Waals surface area contributed by atoms with E-state index in [2.05, 4.69) is 36.2 Å². The number of thiazole rings is 1. The minimum Gasteiger partial charge on any atom is -0.324 e. The third-order valence-electron chi connectivity index (χ3n) is 3.61. The Hall–Kier alpha value is -2.51. The van der Waals surface area contributed by atoms with Crippen molar-refractivity contribution in [2.45, 2.75) is 6.42 Å². The molecule has 1 amide bonds. The number of aromatic nitrogens is 3. The zero-order valence-corrected chi connectivity index (χ0v) is 15.4. The van der Waals surface area contributed by atoms with Gasteiger partial charge in [0.05, 0.1) is 23.1 Å². The summed E-state index contributed by atoms with van der Waals surface area (Å²) in [5.41, 5.74) is 3.49. The largest absolute Gasteiger partial charge is 0.324 e. The van der Waals surface area contributed by atoms with Gasteiger partial charge in [0.25, 0.3) is 0 Å². The van der Waals surface area contributed by atoms with E-state index in [1.807, 2.05) is 53.9 Å². The Morgan fingerprint density at radius 1 is 1.16 bits per heavy atom. The van der Waals surface area contributed by atoms with Crippen molar-refractivity contribution in [3.8, 4) is 10.6 Å². The highest BCUT2D eigenvalue weighted by Gasteiger charge is 2.11. The Kier molecular flexibility index (Phi) is 4.33. The van der Waals surface area contributed by atoms with Crippen molar-refractivity contribution in [2.24, 2.45) is 0 Å². The number of carbonyl (C=O) groups is 1. The highest BCUT2D eigenvalue weighted by molar-refractivity contribution is 9.10. The van der Waals surface area contributed by atoms with Gasteiger partial charge in [-0.1, -0.05) is 40.2 Å². The molecule has 0 aliphatic heterocycles. The van der Waals surface area contributed by atoms with Crippen LogP contribution in [0, 0.1) is 0 Å². The highest BCUT2D eigenvalue weighted by Crippen LogP contribution is 2.26. The van der Waals surface area contributed by atoms with Gasteiger partial charge in [-0.05, 0) is 24.3 Å². The number of para-hydroxylation sites is 2. The number of fused-ring (bicyclic) bond motifs is 1. The van der Waals surface area contributed by atoms with Crippen LogP contribution in [0.2, 0.25) is 0 Å². The fraction of sp³-hybridized carbons (Fsp3) is 0.0556. The third kappa shape index (κ3) is 3.62. The number of hydrogen-bond acceptors (Lipinski definition) is 4. The van der Waals surface area contributed by atoms with Gasteiger partial charge in [0.2, 0.25) is 11.9 Å². The Balaban J connectivity index is 1.46. The van der Waals surface area contributed by atoms with Gasteiger partial charge >= 0.3 is 0 Å². The second-order valence-electron chi connectivity index (χ2n) is 5.48. The van der Waals surface area contributed by atoms with Crippen molar-refractivity contribution in [2.75, 3.05) is 5.32 Å². The number of halogens is 1. The maximum Gasteiger partial charge on any atom is 0.232 e. The van der Waals surface area contributed by atoms with Crippen LogP contribution in [0.5, 0.6) is 0 Å². The highest BCUT2D eigenvalue weighted by atomic mass is 79.9. The monoisotopic (exact) mass is 412 g/mol. The molecule has 4 rings (SSSR count). The van der Waals surface area contributed by atoms with Crippen molar-refractivity contribution in [1.82, 2.24) is 15.0 Å². The standard InChI is InChI=1S/C18H13BrN4OS/c19-12-5-3-4-11(8-12)17-20-13(10-25-17)9-16(24)23-18-21-14-6-1-2-7-15(14)22-18/h1-8,10H,9H2,(H2,21,22,23,24). The molecule has 0 aliphatic rings. The van der Waals surface area contributed by atoms with Crippen LogP contribution in [0.4, 0.5) is 5.95 Å². The van der Waals surface area contributed by atoms with Crippen LogP contribution in [-0.2, 0) is 11.2 Å². The minimum absolute atomic E-state index is 0.148. The van der Waals surface area contributed by atoms with Gasteiger partial charge in [0, 0.05) is 15.4 Å². The number of benzene rings is 2. The van der Waals surface area contributed by atoms with E-state index in [1.165, 1.54) is 11.3 Å². The lowest BCUT2D eigenvalue weighted by Gasteiger charge is -1.99. The summed E-state index contributed by atoms with van der Waals surface area (Å²) in [4.78, 5) is 24.2. The van der Waals surface area contributed by atoms with Gasteiger partial charge < -0.3 is 4.98 Å². The number of aromatic amines is 1. The lowest BCUT2D eigenvalue weighted by atomic mass is 10.2. The first-order valence-corrected chi connectivity index (χ1v) is 9.29. The summed E-state index contributed by atoms with van der Waals surface area (Å²) in [5.74, 6) is 0.304. The smallest absolute Gasteiger partial charge is 0.232 e. The van der Waals surface area contributed by atoms with E-state index >= 15 is 0 Å². The first-order chi connectivity index (χ1) is 12.2. The Bertz CT molecular complexity index is 1020. The van der Waals surface area contributed by atoms with Gasteiger partial charge in [-0.25, -0.2) is 9.97 Å². The third-order valence-corrected chi connectivity index (χ3v) is 5.05. The molecule has 5 nitrogen and oxygen atoms in total. The number of carbonyl (C=O) groups excluding carboxylic acids is 1. The number of H-pyrrole nitrogens is 1. The molecule has 124 valence electrons. The molecular formula is C18H13BrN4OS. The summed E-state index contributed by atoms with van der Waals surface area (Å²) in [7, 11) is 0. The molecule has 2 aromatic carbocycles. The van der Waals surface area contributed by atoms with Crippen LogP contribution in [0.25, 0.3) is 21.6 Å². The van der Waals surface area contributed by atoms with Gasteiger partial charge in [0.1, 0.15) is 5.01 Å². The maximum atomic E-state index is 12.2. The van der Waals surface area contributed by atoms with Crippen molar-refractivity contribution in [3.05, 3.63) is 64.1 Å². The van der Waals surface area contributed by atoms with Crippen molar-refractivity contribution >= 4 is 50.2 Å². The van der Waals surface area contributed by atoms with Crippen LogP contribution in [0.3, 0.4) is 0 Å². The topological polar surface area (TPSA) is 70.7 Å². The predicted molar refractivity (Wildman–Crippen MR) is 104 cm³/mol. The minimum atomic E-state index is -0.148. The van der Waals surface area contributed by atoms with Crippen LogP contribution in [-0.4, -0.2) is 20.9 Å². The Morgan fingerprint density at radius 2 is 2.04 bits per heavy atom. The van der Waals surface area contributed by atoms with E-state index in [0.29, 0.717) is 5.95 Å². The van der Waals surface area contributed by atoms with E-state index < -0.39 is 0 Å². The summed E-state index contributed by atoms with van der Waals surface area (Å²) in [6.07, 6.45) is 0.210. The summed E-state index contributed by atoms with van der Waals surface area (Å²) in [6, 6.07) is 15.6. The molecule has 2 aromatic heterocycles. The molecule has 0 fully saturated rings. The number of nitrogens with one attached hydrogen (secondary N) is 2. The average Bonchev–Trinajstić information content (AvgIpc) is 3.21. The molecule has 0 bridgehead atoms. The second kappa shape index (κ2) is 6.78. The number of amides is 1. The van der Waals surface area contributed by atoms with Gasteiger partial charge in [-0.15, -0.1) is 11.3 Å². The zero-order chi connectivity index (χ0) is 17.2. The van der Waals surface area contributed by atoms with E-state index in [-0.39, 0.29) is 12.3 Å². The van der Waals surface area contributed by atoms with E-state index in [9.17, 15) is 4.79 Å². The van der Waals surface area contributed by atoms with Crippen molar-refractivity contribution < 1.29 is 4.79 Å². The summed E-state index contributed by atoms with van der Waals surface area (Å²) in [5, 5.41) is 5.60. The maximum absolute atomic E-state index is 12.2. The van der Waals surface area contributed by atoms with Gasteiger partial charge in [-0.2, -0.15) is 0 Å². The van der Waals surface area contributed by atoms with Crippen LogP contribution >= 0.6 is 27.3 Å². The fourth-order valence-corrected chi connectivity index (χ4v) is 3.71. The molecule has 0 aliphatic carbocycles. The average molecular weight is 413 g/mol. The SMILES string of the molecule is O=C(Cc1csc(-c2cccc(Br)c2)n1)Nc1nc2ccccc2[nH]1. The van der Waals surface area contributed by atoms with Crippen LogP contribution < -0.4 is 5.32 Å². The molecule has 0 saturated carbocycles. The molecule has 0 saturated heterocycles. The molecule has 7 heteroatoms. The molecule has 2 heterocycles. The first kappa shape index (κ1) is 16.0. The summed E-state index contributed by atoms with van der Waals surface area (Å²) >= 11 is 4.99. The van der Waals surface area contributed by atoms with Crippen LogP contribution in [0.1, 0.15) is 5.69 Å². The lowest BCUT2D eigenvalue weighted by molar-refractivity contribution is -0.115. The van der Waals surface area contributed by atoms with E-state index in [1.54, 1.807) is 0 Å². The van der Waals surface area contributed by atoms with Crippen molar-refractivity contribution in [3.63, 3.8) is 0 Å². The molecule has 4 aromatic rings. The molecule has 0 atom stereocenters. The van der Waals surface area contributed by atoms with Gasteiger partial charge in [-0.3, -0.25) is 10.1 Å². The van der Waals surface area contributed by atoms with Crippen molar-refractivity contribution in [1.29, 1.82) is 0 Å². The second-order valence-corrected chi connectivity index (χ2v) is 7.26. The number of anilines is 1. The Morgan fingerprint density at radius 3 is 2.88 bits per heavy atom. The molecule has 0 spiro atoms. The molecule has 2 N–H and O–H groups in total. The van der Waals surface area contributed by atoms with Gasteiger partial charge in [0.15, 0.2) is 0 Å². The quantitative estimate of drug-likeness (QED) is 0.513. The number of rotatable bonds is 4. The molecular weight excluding hydrogens is 400 g/mol. The predicted octanol–water partition coefficient (Wildman–Crippen LogP) is 4.63. The van der Waals surface area contributed by atoms with Crippen LogP contribution in [0.15, 0.2) is 58.4 Å². The number of imidazole rings is 1. The number of nitrogens with zero attached hydrogens (tertiary/aromatic N) is 2. The first-order valence-electron chi connectivity index (χ1n) is 7.62. The van der Waals surface area contributed by atoms with E-state index in [0.717, 1.165) is 31.8 Å². The van der Waals surface area contributed by atoms with E-state index in [4.69, 9.17) is 0 Å². The lowest BCUT2D eigenvalue weighted by Crippen LogP contribution is -2.15. The summed E-state index contributed by atoms with van der Waals surface area (Å²) < 4.78 is 1.00. The molecule has 0 radical (unpaired) electrons. The molecule has 25 heavy (non-hydrogen) atoms. The normalized spacial score (nSPS) is 10.9. The fourth-order valence-electron chi connectivity index (χ4n) is 2.50. The summed E-state index contributed by atoms with van der Waals surface area (Å²) in [6.45, 7) is 0. The Labute approximate surface area is 156 Å².